The molecule has 0 saturated heterocycles. The van der Waals surface area contributed by atoms with E-state index in [1.54, 1.807) is 0 Å². The Hall–Kier alpha value is -1.35. The van der Waals surface area contributed by atoms with Crippen molar-refractivity contribution in [2.24, 2.45) is 11.1 Å². The summed E-state index contributed by atoms with van der Waals surface area (Å²) in [6, 6.07) is 8.07. The van der Waals surface area contributed by atoms with E-state index in [2.05, 4.69) is 18.3 Å². The van der Waals surface area contributed by atoms with E-state index >= 15 is 0 Å². The molecule has 0 heterocycles. The van der Waals surface area contributed by atoms with Crippen LogP contribution >= 0.6 is 0 Å². The molecule has 0 aliphatic heterocycles. The lowest BCUT2D eigenvalue weighted by Crippen LogP contribution is -2.55. The molecule has 1 aromatic rings. The zero-order valence-corrected chi connectivity index (χ0v) is 12.9. The standard InChI is InChI=1S/C16H26N2O/c1-11-9-7-8-10-13(11)12(2)18-14(19)15(3,4)16(5,6)17/h7-10,12H,17H2,1-6H3,(H,18,19)/t12-/m0/s1. The number of carbonyl (C=O) groups excluding carboxylic acids is 1. The molecule has 0 fully saturated rings. The van der Waals surface area contributed by atoms with E-state index in [0.29, 0.717) is 0 Å². The van der Waals surface area contributed by atoms with Crippen LogP contribution in [-0.2, 0) is 4.79 Å². The molecule has 0 aliphatic carbocycles. The van der Waals surface area contributed by atoms with Crippen molar-refractivity contribution >= 4 is 5.91 Å². The Labute approximate surface area is 116 Å². The molecule has 1 amide bonds. The highest BCUT2D eigenvalue weighted by Gasteiger charge is 2.40. The molecular weight excluding hydrogens is 236 g/mol. The van der Waals surface area contributed by atoms with Crippen LogP contribution in [0, 0.1) is 12.3 Å². The van der Waals surface area contributed by atoms with Gasteiger partial charge in [0.05, 0.1) is 11.5 Å². The summed E-state index contributed by atoms with van der Waals surface area (Å²) in [7, 11) is 0. The minimum Gasteiger partial charge on any atom is -0.349 e. The Morgan fingerprint density at radius 1 is 1.21 bits per heavy atom. The predicted octanol–water partition coefficient (Wildman–Crippen LogP) is 2.94. The van der Waals surface area contributed by atoms with Gasteiger partial charge in [-0.3, -0.25) is 4.79 Å². The van der Waals surface area contributed by atoms with Crippen LogP contribution in [0.4, 0.5) is 0 Å². The maximum absolute atomic E-state index is 12.4. The summed E-state index contributed by atoms with van der Waals surface area (Å²) in [5, 5.41) is 3.06. The van der Waals surface area contributed by atoms with E-state index in [1.165, 1.54) is 5.56 Å². The van der Waals surface area contributed by atoms with Gasteiger partial charge >= 0.3 is 0 Å². The van der Waals surface area contributed by atoms with Gasteiger partial charge in [0.1, 0.15) is 0 Å². The van der Waals surface area contributed by atoms with Crippen molar-refractivity contribution < 1.29 is 4.79 Å². The number of aryl methyl sites for hydroxylation is 1. The molecule has 0 unspecified atom stereocenters. The molecule has 0 aromatic heterocycles. The first-order valence-corrected chi connectivity index (χ1v) is 6.72. The molecule has 0 spiro atoms. The van der Waals surface area contributed by atoms with Crippen molar-refractivity contribution in [3.8, 4) is 0 Å². The van der Waals surface area contributed by atoms with Crippen LogP contribution in [-0.4, -0.2) is 11.4 Å². The molecular formula is C16H26N2O. The maximum Gasteiger partial charge on any atom is 0.227 e. The van der Waals surface area contributed by atoms with Crippen LogP contribution in [0.5, 0.6) is 0 Å². The first-order chi connectivity index (χ1) is 8.57. The number of hydrogen-bond donors (Lipinski definition) is 2. The van der Waals surface area contributed by atoms with Gasteiger partial charge in [-0.2, -0.15) is 0 Å². The first kappa shape index (κ1) is 15.7. The Morgan fingerprint density at radius 2 is 1.74 bits per heavy atom. The smallest absolute Gasteiger partial charge is 0.227 e. The van der Waals surface area contributed by atoms with E-state index in [9.17, 15) is 4.79 Å². The molecule has 1 aromatic carbocycles. The molecule has 0 radical (unpaired) electrons. The molecule has 3 nitrogen and oxygen atoms in total. The highest BCUT2D eigenvalue weighted by atomic mass is 16.2. The van der Waals surface area contributed by atoms with Gasteiger partial charge in [-0.05, 0) is 52.7 Å². The summed E-state index contributed by atoms with van der Waals surface area (Å²) in [4.78, 5) is 12.4. The molecule has 1 atom stereocenters. The summed E-state index contributed by atoms with van der Waals surface area (Å²) in [5.74, 6) is -0.0178. The second kappa shape index (κ2) is 5.33. The number of nitrogens with one attached hydrogen (secondary N) is 1. The van der Waals surface area contributed by atoms with Crippen molar-refractivity contribution in [3.05, 3.63) is 35.4 Å². The zero-order chi connectivity index (χ0) is 14.8. The van der Waals surface area contributed by atoms with Gasteiger partial charge in [0.2, 0.25) is 5.91 Å². The first-order valence-electron chi connectivity index (χ1n) is 6.72. The van der Waals surface area contributed by atoms with Gasteiger partial charge in [-0.15, -0.1) is 0 Å². The monoisotopic (exact) mass is 262 g/mol. The van der Waals surface area contributed by atoms with Crippen LogP contribution in [0.2, 0.25) is 0 Å². The second-order valence-electron chi connectivity index (χ2n) is 6.40. The highest BCUT2D eigenvalue weighted by Crippen LogP contribution is 2.29. The Balaban J connectivity index is 2.87. The quantitative estimate of drug-likeness (QED) is 0.876. The van der Waals surface area contributed by atoms with Gasteiger partial charge in [0, 0.05) is 5.54 Å². The van der Waals surface area contributed by atoms with Crippen molar-refractivity contribution in [2.45, 2.75) is 53.1 Å². The SMILES string of the molecule is Cc1ccccc1[C@H](C)NC(=O)C(C)(C)C(C)(C)N. The van der Waals surface area contributed by atoms with Gasteiger partial charge in [0.25, 0.3) is 0 Å². The third-order valence-corrected chi connectivity index (χ3v) is 4.18. The number of rotatable bonds is 4. The molecule has 3 heteroatoms. The molecule has 19 heavy (non-hydrogen) atoms. The van der Waals surface area contributed by atoms with Crippen LogP contribution < -0.4 is 11.1 Å². The number of nitrogens with two attached hydrogens (primary N) is 1. The van der Waals surface area contributed by atoms with E-state index in [1.807, 2.05) is 52.8 Å². The largest absolute Gasteiger partial charge is 0.349 e. The summed E-state index contributed by atoms with van der Waals surface area (Å²) < 4.78 is 0. The number of hydrogen-bond acceptors (Lipinski definition) is 2. The Kier molecular flexibility index (Phi) is 4.41. The average Bonchev–Trinajstić information content (AvgIpc) is 2.27. The summed E-state index contributed by atoms with van der Waals surface area (Å²) in [5.41, 5.74) is 7.23. The normalized spacial score (nSPS) is 14.1. The minimum atomic E-state index is -0.621. The van der Waals surface area contributed by atoms with Crippen LogP contribution in [0.1, 0.15) is 51.8 Å². The lowest BCUT2D eigenvalue weighted by atomic mass is 9.74. The van der Waals surface area contributed by atoms with Crippen LogP contribution in [0.3, 0.4) is 0 Å². The molecule has 3 N–H and O–H groups in total. The summed E-state index contributed by atoms with van der Waals surface area (Å²) in [6.07, 6.45) is 0. The van der Waals surface area contributed by atoms with Crippen molar-refractivity contribution in [3.63, 3.8) is 0 Å². The second-order valence-corrected chi connectivity index (χ2v) is 6.40. The third kappa shape index (κ3) is 3.35. The topological polar surface area (TPSA) is 55.1 Å². The third-order valence-electron chi connectivity index (χ3n) is 4.18. The zero-order valence-electron chi connectivity index (χ0n) is 12.9. The highest BCUT2D eigenvalue weighted by molar-refractivity contribution is 5.83. The summed E-state index contributed by atoms with van der Waals surface area (Å²) in [6.45, 7) is 11.6. The average molecular weight is 262 g/mol. The lowest BCUT2D eigenvalue weighted by Gasteiger charge is -2.37. The molecule has 1 rings (SSSR count). The minimum absolute atomic E-state index is 0.0178. The Bertz CT molecular complexity index is 458. The van der Waals surface area contributed by atoms with Crippen LogP contribution in [0.15, 0.2) is 24.3 Å². The number of benzene rings is 1. The van der Waals surface area contributed by atoms with Crippen molar-refractivity contribution in [2.75, 3.05) is 0 Å². The lowest BCUT2D eigenvalue weighted by molar-refractivity contribution is -0.132. The maximum atomic E-state index is 12.4. The van der Waals surface area contributed by atoms with Crippen molar-refractivity contribution in [1.82, 2.24) is 5.32 Å². The van der Waals surface area contributed by atoms with E-state index in [0.717, 1.165) is 5.56 Å². The molecule has 0 bridgehead atoms. The van der Waals surface area contributed by atoms with Gasteiger partial charge in [0.15, 0.2) is 0 Å². The molecule has 106 valence electrons. The Morgan fingerprint density at radius 3 is 2.21 bits per heavy atom. The van der Waals surface area contributed by atoms with Gasteiger partial charge in [-0.25, -0.2) is 0 Å². The van der Waals surface area contributed by atoms with Gasteiger partial charge in [-0.1, -0.05) is 24.3 Å². The number of amides is 1. The van der Waals surface area contributed by atoms with Gasteiger partial charge < -0.3 is 11.1 Å². The fraction of sp³-hybridized carbons (Fsp3) is 0.562. The summed E-state index contributed by atoms with van der Waals surface area (Å²) >= 11 is 0. The van der Waals surface area contributed by atoms with E-state index in [-0.39, 0.29) is 11.9 Å². The fourth-order valence-electron chi connectivity index (χ4n) is 1.82. The molecule has 0 aliphatic rings. The van der Waals surface area contributed by atoms with E-state index < -0.39 is 11.0 Å². The molecule has 0 saturated carbocycles. The van der Waals surface area contributed by atoms with Crippen LogP contribution in [0.25, 0.3) is 0 Å². The van der Waals surface area contributed by atoms with Crippen molar-refractivity contribution in [1.29, 1.82) is 0 Å². The predicted molar refractivity (Wildman–Crippen MR) is 79.8 cm³/mol. The number of carbonyl (C=O) groups is 1. The fourth-order valence-corrected chi connectivity index (χ4v) is 1.82. The van der Waals surface area contributed by atoms with E-state index in [4.69, 9.17) is 5.73 Å².